The van der Waals surface area contributed by atoms with Crippen molar-refractivity contribution in [2.45, 2.75) is 13.5 Å². The molecule has 0 atom stereocenters. The Hall–Kier alpha value is -2.60. The van der Waals surface area contributed by atoms with Crippen molar-refractivity contribution in [1.82, 2.24) is 10.3 Å². The molecule has 0 saturated heterocycles. The summed E-state index contributed by atoms with van der Waals surface area (Å²) in [6, 6.07) is 12.8. The van der Waals surface area contributed by atoms with Gasteiger partial charge >= 0.3 is 0 Å². The molecule has 3 aromatic rings. The van der Waals surface area contributed by atoms with E-state index in [0.29, 0.717) is 0 Å². The molecule has 0 radical (unpaired) electrons. The monoisotopic (exact) mass is 344 g/mol. The molecule has 1 aromatic heterocycles. The van der Waals surface area contributed by atoms with Crippen LogP contribution in [-0.2, 0) is 6.54 Å². The summed E-state index contributed by atoms with van der Waals surface area (Å²) in [7, 11) is 0. The summed E-state index contributed by atoms with van der Waals surface area (Å²) in [6.45, 7) is 2.16. The third-order valence-electron chi connectivity index (χ3n) is 3.50. The smallest absolute Gasteiger partial charge is 0.251 e. The highest BCUT2D eigenvalue weighted by Gasteiger charge is 2.13. The molecular formula is C18H14F2N2OS. The van der Waals surface area contributed by atoms with Gasteiger partial charge in [0.05, 0.1) is 12.2 Å². The number of nitrogens with zero attached hydrogens (tertiary/aromatic N) is 1. The van der Waals surface area contributed by atoms with Crippen LogP contribution in [0.3, 0.4) is 0 Å². The van der Waals surface area contributed by atoms with E-state index in [1.165, 1.54) is 17.4 Å². The van der Waals surface area contributed by atoms with Gasteiger partial charge in [-0.05, 0) is 25.1 Å². The average molecular weight is 344 g/mol. The Kier molecular flexibility index (Phi) is 4.66. The van der Waals surface area contributed by atoms with E-state index in [1.807, 2.05) is 37.3 Å². The van der Waals surface area contributed by atoms with Gasteiger partial charge in [0.1, 0.15) is 5.01 Å². The molecule has 1 amide bonds. The van der Waals surface area contributed by atoms with E-state index < -0.39 is 17.5 Å². The maximum atomic E-state index is 13.2. The summed E-state index contributed by atoms with van der Waals surface area (Å²) in [5.41, 5.74) is 1.94. The summed E-state index contributed by atoms with van der Waals surface area (Å²) in [5, 5.41) is 3.59. The number of rotatable bonds is 4. The van der Waals surface area contributed by atoms with E-state index in [4.69, 9.17) is 0 Å². The minimum Gasteiger partial charge on any atom is -0.347 e. The van der Waals surface area contributed by atoms with E-state index in [0.717, 1.165) is 33.3 Å². The fraction of sp³-hybridized carbons (Fsp3) is 0.111. The molecule has 0 spiro atoms. The van der Waals surface area contributed by atoms with Crippen LogP contribution in [-0.4, -0.2) is 10.9 Å². The SMILES string of the molecule is Cc1nc(-c2ccccc2)sc1CNC(=O)c1ccc(F)c(F)c1. The van der Waals surface area contributed by atoms with Gasteiger partial charge in [-0.1, -0.05) is 30.3 Å². The summed E-state index contributed by atoms with van der Waals surface area (Å²) >= 11 is 1.50. The fourth-order valence-electron chi connectivity index (χ4n) is 2.20. The fourth-order valence-corrected chi connectivity index (χ4v) is 3.20. The highest BCUT2D eigenvalue weighted by Crippen LogP contribution is 2.27. The summed E-state index contributed by atoms with van der Waals surface area (Å²) in [4.78, 5) is 17.5. The highest BCUT2D eigenvalue weighted by molar-refractivity contribution is 7.15. The minimum absolute atomic E-state index is 0.0827. The Morgan fingerprint density at radius 3 is 2.58 bits per heavy atom. The van der Waals surface area contributed by atoms with Crippen molar-refractivity contribution in [1.29, 1.82) is 0 Å². The molecule has 1 heterocycles. The van der Waals surface area contributed by atoms with E-state index in [-0.39, 0.29) is 12.1 Å². The van der Waals surface area contributed by atoms with Gasteiger partial charge in [0.15, 0.2) is 11.6 Å². The van der Waals surface area contributed by atoms with Gasteiger partial charge in [-0.3, -0.25) is 4.79 Å². The zero-order valence-electron chi connectivity index (χ0n) is 12.8. The Labute approximate surface area is 142 Å². The molecule has 0 fully saturated rings. The second-order valence-corrected chi connectivity index (χ2v) is 6.29. The van der Waals surface area contributed by atoms with Crippen LogP contribution in [0.15, 0.2) is 48.5 Å². The number of aryl methyl sites for hydroxylation is 1. The third-order valence-corrected chi connectivity index (χ3v) is 4.71. The van der Waals surface area contributed by atoms with Crippen LogP contribution in [0.25, 0.3) is 10.6 Å². The van der Waals surface area contributed by atoms with Gasteiger partial charge in [-0.2, -0.15) is 0 Å². The number of benzene rings is 2. The lowest BCUT2D eigenvalue weighted by Gasteiger charge is -2.04. The zero-order valence-corrected chi connectivity index (χ0v) is 13.7. The Bertz CT molecular complexity index is 878. The number of halogens is 2. The first-order valence-electron chi connectivity index (χ1n) is 7.29. The molecule has 24 heavy (non-hydrogen) atoms. The number of nitrogens with one attached hydrogen (secondary N) is 1. The van der Waals surface area contributed by atoms with E-state index >= 15 is 0 Å². The van der Waals surface area contributed by atoms with Crippen LogP contribution in [0.2, 0.25) is 0 Å². The van der Waals surface area contributed by atoms with Crippen molar-refractivity contribution >= 4 is 17.2 Å². The Morgan fingerprint density at radius 1 is 1.12 bits per heavy atom. The molecule has 6 heteroatoms. The van der Waals surface area contributed by atoms with Gasteiger partial charge in [0.2, 0.25) is 0 Å². The number of hydrogen-bond donors (Lipinski definition) is 1. The molecule has 0 aliphatic heterocycles. The molecule has 3 rings (SSSR count). The molecule has 2 aromatic carbocycles. The maximum Gasteiger partial charge on any atom is 0.251 e. The number of thiazole rings is 1. The topological polar surface area (TPSA) is 42.0 Å². The number of aromatic nitrogens is 1. The molecule has 0 aliphatic rings. The predicted molar refractivity (Wildman–Crippen MR) is 89.8 cm³/mol. The van der Waals surface area contributed by atoms with Gasteiger partial charge in [-0.25, -0.2) is 13.8 Å². The van der Waals surface area contributed by atoms with Crippen LogP contribution in [0.5, 0.6) is 0 Å². The van der Waals surface area contributed by atoms with Gasteiger partial charge in [0, 0.05) is 16.0 Å². The van der Waals surface area contributed by atoms with Crippen molar-refractivity contribution < 1.29 is 13.6 Å². The van der Waals surface area contributed by atoms with E-state index in [2.05, 4.69) is 10.3 Å². The van der Waals surface area contributed by atoms with Crippen molar-refractivity contribution in [3.63, 3.8) is 0 Å². The van der Waals surface area contributed by atoms with Crippen LogP contribution in [0.1, 0.15) is 20.9 Å². The number of carbonyl (C=O) groups is 1. The number of carbonyl (C=O) groups excluding carboxylic acids is 1. The number of hydrogen-bond acceptors (Lipinski definition) is 3. The Morgan fingerprint density at radius 2 is 1.88 bits per heavy atom. The normalized spacial score (nSPS) is 10.6. The highest BCUT2D eigenvalue weighted by atomic mass is 32.1. The van der Waals surface area contributed by atoms with Crippen molar-refractivity contribution in [2.75, 3.05) is 0 Å². The third kappa shape index (κ3) is 3.49. The van der Waals surface area contributed by atoms with Crippen molar-refractivity contribution in [3.05, 3.63) is 76.3 Å². The van der Waals surface area contributed by atoms with E-state index in [1.54, 1.807) is 0 Å². The molecule has 3 nitrogen and oxygen atoms in total. The first-order valence-corrected chi connectivity index (χ1v) is 8.11. The summed E-state index contributed by atoms with van der Waals surface area (Å²) < 4.78 is 26.1. The minimum atomic E-state index is -1.04. The largest absolute Gasteiger partial charge is 0.347 e. The van der Waals surface area contributed by atoms with Gasteiger partial charge in [-0.15, -0.1) is 11.3 Å². The average Bonchev–Trinajstić information content (AvgIpc) is 2.97. The molecule has 0 unspecified atom stereocenters. The molecule has 122 valence electrons. The van der Waals surface area contributed by atoms with Crippen LogP contribution in [0.4, 0.5) is 8.78 Å². The molecule has 1 N–H and O–H groups in total. The maximum absolute atomic E-state index is 13.2. The Balaban J connectivity index is 1.71. The lowest BCUT2D eigenvalue weighted by Crippen LogP contribution is -2.22. The van der Waals surface area contributed by atoms with Gasteiger partial charge in [0.25, 0.3) is 5.91 Å². The molecular weight excluding hydrogens is 330 g/mol. The lowest BCUT2D eigenvalue weighted by molar-refractivity contribution is 0.0950. The van der Waals surface area contributed by atoms with Crippen molar-refractivity contribution in [2.24, 2.45) is 0 Å². The van der Waals surface area contributed by atoms with E-state index in [9.17, 15) is 13.6 Å². The zero-order chi connectivity index (χ0) is 17.1. The van der Waals surface area contributed by atoms with Crippen molar-refractivity contribution in [3.8, 4) is 10.6 Å². The van der Waals surface area contributed by atoms with Crippen LogP contribution in [0, 0.1) is 18.6 Å². The predicted octanol–water partition coefficient (Wildman–Crippen LogP) is 4.33. The molecule has 0 bridgehead atoms. The molecule has 0 aliphatic carbocycles. The summed E-state index contributed by atoms with van der Waals surface area (Å²) in [5.74, 6) is -2.47. The standard InChI is InChI=1S/C18H14F2N2OS/c1-11-16(24-18(22-11)12-5-3-2-4-6-12)10-21-17(23)13-7-8-14(19)15(20)9-13/h2-9H,10H2,1H3,(H,21,23). The van der Waals surface area contributed by atoms with Crippen LogP contribution >= 0.6 is 11.3 Å². The second kappa shape index (κ2) is 6.88. The first-order chi connectivity index (χ1) is 11.5. The number of amides is 1. The lowest BCUT2D eigenvalue weighted by atomic mass is 10.2. The first kappa shape index (κ1) is 16.3. The van der Waals surface area contributed by atoms with Gasteiger partial charge < -0.3 is 5.32 Å². The van der Waals surface area contributed by atoms with Crippen LogP contribution < -0.4 is 5.32 Å². The molecule has 0 saturated carbocycles. The summed E-state index contributed by atoms with van der Waals surface area (Å²) in [6.07, 6.45) is 0. The second-order valence-electron chi connectivity index (χ2n) is 5.21. The quantitative estimate of drug-likeness (QED) is 0.765.